The molecule has 0 fully saturated rings. The number of hydrogen-bond acceptors (Lipinski definition) is 4. The topological polar surface area (TPSA) is 74.2 Å². The summed E-state index contributed by atoms with van der Waals surface area (Å²) in [6, 6.07) is 9.39. The van der Waals surface area contributed by atoms with Crippen LogP contribution in [0.5, 0.6) is 5.75 Å². The largest absolute Gasteiger partial charge is 0.478 e. The first-order valence-corrected chi connectivity index (χ1v) is 6.52. The van der Waals surface area contributed by atoms with E-state index in [4.69, 9.17) is 10.00 Å². The van der Waals surface area contributed by atoms with E-state index in [0.717, 1.165) is 5.56 Å². The lowest BCUT2D eigenvalue weighted by Crippen LogP contribution is -2.44. The van der Waals surface area contributed by atoms with E-state index in [1.807, 2.05) is 51.1 Å². The number of ether oxygens (including phenoxy) is 1. The highest BCUT2D eigenvalue weighted by molar-refractivity contribution is 5.78. The lowest BCUT2D eigenvalue weighted by atomic mass is 10.1. The Morgan fingerprint density at radius 1 is 1.35 bits per heavy atom. The molecule has 0 unspecified atom stereocenters. The first kappa shape index (κ1) is 16.0. The summed E-state index contributed by atoms with van der Waals surface area (Å²) in [6.07, 6.45) is 0. The molecule has 0 bridgehead atoms. The van der Waals surface area contributed by atoms with Gasteiger partial charge >= 0.3 is 0 Å². The predicted octanol–water partition coefficient (Wildman–Crippen LogP) is 1.59. The summed E-state index contributed by atoms with van der Waals surface area (Å²) >= 11 is 0. The van der Waals surface area contributed by atoms with E-state index >= 15 is 0 Å². The molecule has 5 heteroatoms. The molecule has 1 rings (SSSR count). The number of amides is 1. The van der Waals surface area contributed by atoms with Crippen molar-refractivity contribution < 1.29 is 9.53 Å². The van der Waals surface area contributed by atoms with Crippen LogP contribution in [0.4, 0.5) is 0 Å². The second kappa shape index (κ2) is 7.51. The van der Waals surface area contributed by atoms with Crippen molar-refractivity contribution in [3.63, 3.8) is 0 Å². The van der Waals surface area contributed by atoms with Crippen LogP contribution in [-0.4, -0.2) is 24.6 Å². The Balaban J connectivity index is 2.46. The number of carbonyl (C=O) groups is 1. The molecule has 0 heterocycles. The van der Waals surface area contributed by atoms with Crippen LogP contribution in [0, 0.1) is 11.3 Å². The van der Waals surface area contributed by atoms with Gasteiger partial charge in [0.05, 0.1) is 6.54 Å². The molecular formula is C15H21N3O2. The van der Waals surface area contributed by atoms with Gasteiger partial charge in [-0.3, -0.25) is 4.79 Å². The molecule has 1 amide bonds. The molecule has 0 aliphatic rings. The Labute approximate surface area is 119 Å². The van der Waals surface area contributed by atoms with Gasteiger partial charge in [0.15, 0.2) is 6.61 Å². The second-order valence-electron chi connectivity index (χ2n) is 5.46. The van der Waals surface area contributed by atoms with Crippen LogP contribution in [0.2, 0.25) is 0 Å². The average molecular weight is 275 g/mol. The van der Waals surface area contributed by atoms with Crippen LogP contribution in [0.25, 0.3) is 0 Å². The SMILES string of the molecule is CC(C)(C)NC(=O)CNCc1ccccc1OCC#N. The van der Waals surface area contributed by atoms with E-state index in [9.17, 15) is 4.79 Å². The first-order chi connectivity index (χ1) is 9.42. The number of nitrogens with zero attached hydrogens (tertiary/aromatic N) is 1. The van der Waals surface area contributed by atoms with Crippen molar-refractivity contribution in [1.82, 2.24) is 10.6 Å². The Bertz CT molecular complexity index is 487. The molecule has 0 saturated heterocycles. The standard InChI is InChI=1S/C15H21N3O2/c1-15(2,3)18-14(19)11-17-10-12-6-4-5-7-13(12)20-9-8-16/h4-7,17H,9-11H2,1-3H3,(H,18,19). The lowest BCUT2D eigenvalue weighted by molar-refractivity contribution is -0.121. The van der Waals surface area contributed by atoms with Gasteiger partial charge in [0.2, 0.25) is 5.91 Å². The molecule has 0 aliphatic carbocycles. The van der Waals surface area contributed by atoms with E-state index < -0.39 is 0 Å². The Morgan fingerprint density at radius 3 is 2.70 bits per heavy atom. The third-order valence-electron chi connectivity index (χ3n) is 2.38. The number of benzene rings is 1. The van der Waals surface area contributed by atoms with Gasteiger partial charge in [-0.25, -0.2) is 0 Å². The van der Waals surface area contributed by atoms with Crippen molar-refractivity contribution in [3.8, 4) is 11.8 Å². The van der Waals surface area contributed by atoms with E-state index in [1.165, 1.54) is 0 Å². The zero-order chi connectivity index (χ0) is 15.0. The molecule has 0 radical (unpaired) electrons. The van der Waals surface area contributed by atoms with Crippen molar-refractivity contribution >= 4 is 5.91 Å². The minimum absolute atomic E-state index is 0.0154. The van der Waals surface area contributed by atoms with Crippen LogP contribution in [0.1, 0.15) is 26.3 Å². The van der Waals surface area contributed by atoms with Crippen LogP contribution in [0.15, 0.2) is 24.3 Å². The summed E-state index contributed by atoms with van der Waals surface area (Å²) in [4.78, 5) is 11.7. The zero-order valence-electron chi connectivity index (χ0n) is 12.2. The maximum atomic E-state index is 11.7. The average Bonchev–Trinajstić information content (AvgIpc) is 2.35. The summed E-state index contributed by atoms with van der Waals surface area (Å²) in [7, 11) is 0. The summed E-state index contributed by atoms with van der Waals surface area (Å²) in [5.41, 5.74) is 0.693. The van der Waals surface area contributed by atoms with Crippen LogP contribution in [-0.2, 0) is 11.3 Å². The highest BCUT2D eigenvalue weighted by Crippen LogP contribution is 2.17. The number of para-hydroxylation sites is 1. The molecule has 0 spiro atoms. The normalized spacial score (nSPS) is 10.7. The maximum absolute atomic E-state index is 11.7. The van der Waals surface area contributed by atoms with Crippen LogP contribution in [0.3, 0.4) is 0 Å². The minimum atomic E-state index is -0.230. The predicted molar refractivity (Wildman–Crippen MR) is 77.2 cm³/mol. The maximum Gasteiger partial charge on any atom is 0.234 e. The molecule has 0 aromatic heterocycles. The van der Waals surface area contributed by atoms with Gasteiger partial charge in [-0.15, -0.1) is 0 Å². The third-order valence-corrected chi connectivity index (χ3v) is 2.38. The van der Waals surface area contributed by atoms with Crippen LogP contribution >= 0.6 is 0 Å². The molecule has 5 nitrogen and oxygen atoms in total. The molecule has 108 valence electrons. The molecule has 0 saturated carbocycles. The Morgan fingerprint density at radius 2 is 2.05 bits per heavy atom. The summed E-state index contributed by atoms with van der Waals surface area (Å²) in [6.45, 7) is 6.59. The molecule has 2 N–H and O–H groups in total. The summed E-state index contributed by atoms with van der Waals surface area (Å²) < 4.78 is 5.32. The monoisotopic (exact) mass is 275 g/mol. The van der Waals surface area contributed by atoms with Gasteiger partial charge in [0.25, 0.3) is 0 Å². The van der Waals surface area contributed by atoms with Gasteiger partial charge in [0, 0.05) is 17.6 Å². The second-order valence-corrected chi connectivity index (χ2v) is 5.46. The molecule has 20 heavy (non-hydrogen) atoms. The van der Waals surface area contributed by atoms with E-state index in [0.29, 0.717) is 12.3 Å². The number of rotatable bonds is 6. The lowest BCUT2D eigenvalue weighted by Gasteiger charge is -2.20. The molecule has 0 atom stereocenters. The molecule has 0 aliphatic heterocycles. The van der Waals surface area contributed by atoms with E-state index in [-0.39, 0.29) is 24.6 Å². The van der Waals surface area contributed by atoms with Gasteiger partial charge in [0.1, 0.15) is 11.8 Å². The minimum Gasteiger partial charge on any atom is -0.478 e. The quantitative estimate of drug-likeness (QED) is 0.827. The fourth-order valence-electron chi connectivity index (χ4n) is 1.67. The van der Waals surface area contributed by atoms with Crippen molar-refractivity contribution in [2.75, 3.05) is 13.2 Å². The van der Waals surface area contributed by atoms with E-state index in [2.05, 4.69) is 10.6 Å². The Kier molecular flexibility index (Phi) is 6.01. The van der Waals surface area contributed by atoms with Crippen molar-refractivity contribution in [2.24, 2.45) is 0 Å². The van der Waals surface area contributed by atoms with Crippen molar-refractivity contribution in [2.45, 2.75) is 32.9 Å². The first-order valence-electron chi connectivity index (χ1n) is 6.52. The smallest absolute Gasteiger partial charge is 0.234 e. The molecule has 1 aromatic carbocycles. The zero-order valence-corrected chi connectivity index (χ0v) is 12.2. The highest BCUT2D eigenvalue weighted by atomic mass is 16.5. The summed E-state index contributed by atoms with van der Waals surface area (Å²) in [5, 5.41) is 14.5. The Hall–Kier alpha value is -2.06. The number of nitrogens with one attached hydrogen (secondary N) is 2. The highest BCUT2D eigenvalue weighted by Gasteiger charge is 2.13. The fraction of sp³-hybridized carbons (Fsp3) is 0.467. The molecule has 1 aromatic rings. The van der Waals surface area contributed by atoms with Crippen molar-refractivity contribution in [1.29, 1.82) is 5.26 Å². The van der Waals surface area contributed by atoms with Gasteiger partial charge < -0.3 is 15.4 Å². The van der Waals surface area contributed by atoms with Crippen LogP contribution < -0.4 is 15.4 Å². The van der Waals surface area contributed by atoms with Gasteiger partial charge in [-0.2, -0.15) is 5.26 Å². The third kappa shape index (κ3) is 6.21. The van der Waals surface area contributed by atoms with Gasteiger partial charge in [-0.05, 0) is 26.8 Å². The van der Waals surface area contributed by atoms with Crippen molar-refractivity contribution in [3.05, 3.63) is 29.8 Å². The van der Waals surface area contributed by atoms with Gasteiger partial charge in [-0.1, -0.05) is 18.2 Å². The summed E-state index contributed by atoms with van der Waals surface area (Å²) in [5.74, 6) is 0.616. The number of nitriles is 1. The molecular weight excluding hydrogens is 254 g/mol. The number of hydrogen-bond donors (Lipinski definition) is 2. The number of carbonyl (C=O) groups excluding carboxylic acids is 1. The fourth-order valence-corrected chi connectivity index (χ4v) is 1.67. The van der Waals surface area contributed by atoms with E-state index in [1.54, 1.807) is 0 Å².